The molecule has 0 spiro atoms. The third kappa shape index (κ3) is 12.2. The Morgan fingerprint density at radius 3 is 0.800 bits per heavy atom. The summed E-state index contributed by atoms with van der Waals surface area (Å²) in [7, 11) is 0. The molecule has 2 heteroatoms. The van der Waals surface area contributed by atoms with Gasteiger partial charge in [-0.15, -0.1) is 0 Å². The molecule has 0 aliphatic carbocycles. The maximum absolute atomic E-state index is 8.48. The zero-order chi connectivity index (χ0) is 43.9. The maximum Gasteiger partial charge on any atom is 0.156 e. The van der Waals surface area contributed by atoms with Gasteiger partial charge < -0.3 is 9.47 Å². The van der Waals surface area contributed by atoms with Crippen LogP contribution in [0.25, 0.3) is 0 Å². The molecule has 0 saturated heterocycles. The maximum atomic E-state index is 8.48. The second-order valence-corrected chi connectivity index (χ2v) is 21.2. The van der Waals surface area contributed by atoms with Gasteiger partial charge in [0.25, 0.3) is 0 Å². The van der Waals surface area contributed by atoms with Crippen LogP contribution in [0.5, 0.6) is 0 Å². The monoisotopic (exact) mass is 815 g/mol. The minimum atomic E-state index is -1.13. The Kier molecular flexibility index (Phi) is 18.3. The summed E-state index contributed by atoms with van der Waals surface area (Å²) in [6.45, 7) is 28.6. The summed E-state index contributed by atoms with van der Waals surface area (Å²) < 4.78 is 17.0. The van der Waals surface area contributed by atoms with E-state index in [1.54, 1.807) is 0 Å². The summed E-state index contributed by atoms with van der Waals surface area (Å²) in [4.78, 5) is 0. The van der Waals surface area contributed by atoms with Gasteiger partial charge in [-0.3, -0.25) is 0 Å². The summed E-state index contributed by atoms with van der Waals surface area (Å²) in [5, 5.41) is 0. The number of hydrogen-bond acceptors (Lipinski definition) is 2. The average molecular weight is 815 g/mol. The standard InChI is InChI=1S/C58H86O2/c1-13-15-17-19-21-35-45-51(53(3,4)5)55(9,10)59-57(47-37-27-23-28-38-47,48-39-29-24-30-40-48)58(49-41-31-25-32-42-49,50-43-33-26-34-44-50)60-56(11,12)52(54(6,7)8)46-36-22-20-18-16-14-2/h23-34,37-44,51-52H,13-22,35-36,45-46H2,1-12H3. The van der Waals surface area contributed by atoms with Gasteiger partial charge in [0, 0.05) is 0 Å². The molecule has 0 amide bonds. The van der Waals surface area contributed by atoms with E-state index >= 15 is 0 Å². The SMILES string of the molecule is CCCCCCCCC(C(C)(C)C)C(C)(C)OC(c1ccccc1)(c1ccccc1)C(OC(C)(C)C(CCCCCCCC)C(C)(C)C)(c1ccccc1)c1ccccc1. The summed E-state index contributed by atoms with van der Waals surface area (Å²) in [5.74, 6) is 0.519. The van der Waals surface area contributed by atoms with Crippen LogP contribution in [0.3, 0.4) is 0 Å². The molecule has 0 fully saturated rings. The largest absolute Gasteiger partial charge is 0.356 e. The normalized spacial score (nSPS) is 14.3. The van der Waals surface area contributed by atoms with Gasteiger partial charge in [-0.2, -0.15) is 0 Å². The van der Waals surface area contributed by atoms with E-state index < -0.39 is 22.4 Å². The molecular formula is C58H86O2. The van der Waals surface area contributed by atoms with Crippen molar-refractivity contribution in [2.24, 2.45) is 22.7 Å². The molecule has 0 saturated carbocycles. The zero-order valence-electron chi connectivity index (χ0n) is 40.4. The predicted octanol–water partition coefficient (Wildman–Crippen LogP) is 17.3. The van der Waals surface area contributed by atoms with Crippen molar-refractivity contribution in [3.8, 4) is 0 Å². The predicted molar refractivity (Wildman–Crippen MR) is 260 cm³/mol. The first kappa shape index (κ1) is 49.5. The number of unbranched alkanes of at least 4 members (excludes halogenated alkanes) is 10. The molecule has 0 aliphatic rings. The van der Waals surface area contributed by atoms with Crippen molar-refractivity contribution in [3.63, 3.8) is 0 Å². The molecular weight excluding hydrogens is 729 g/mol. The van der Waals surface area contributed by atoms with Crippen molar-refractivity contribution in [2.45, 2.75) is 195 Å². The lowest BCUT2D eigenvalue weighted by Gasteiger charge is -2.59. The van der Waals surface area contributed by atoms with Gasteiger partial charge >= 0.3 is 0 Å². The molecule has 0 bridgehead atoms. The Bertz CT molecular complexity index is 1530. The Labute approximate surface area is 369 Å². The molecule has 4 aromatic carbocycles. The van der Waals surface area contributed by atoms with Crippen LogP contribution in [0, 0.1) is 22.7 Å². The molecule has 0 radical (unpaired) electrons. The topological polar surface area (TPSA) is 18.5 Å². The lowest BCUT2D eigenvalue weighted by molar-refractivity contribution is -0.284. The van der Waals surface area contributed by atoms with Crippen LogP contribution in [-0.4, -0.2) is 11.2 Å². The van der Waals surface area contributed by atoms with Crippen molar-refractivity contribution in [1.29, 1.82) is 0 Å². The van der Waals surface area contributed by atoms with Gasteiger partial charge in [-0.25, -0.2) is 0 Å². The highest BCUT2D eigenvalue weighted by Gasteiger charge is 2.63. The van der Waals surface area contributed by atoms with E-state index in [1.165, 1.54) is 77.0 Å². The molecule has 60 heavy (non-hydrogen) atoms. The summed E-state index contributed by atoms with van der Waals surface area (Å²) in [6, 6.07) is 44.3. The quantitative estimate of drug-likeness (QED) is 0.0621. The zero-order valence-corrected chi connectivity index (χ0v) is 40.4. The second-order valence-electron chi connectivity index (χ2n) is 21.2. The third-order valence-electron chi connectivity index (χ3n) is 13.5. The molecule has 2 atom stereocenters. The molecule has 4 aromatic rings. The van der Waals surface area contributed by atoms with Crippen LogP contribution in [0.15, 0.2) is 121 Å². The smallest absolute Gasteiger partial charge is 0.156 e. The fraction of sp³-hybridized carbons (Fsp3) is 0.586. The summed E-state index contributed by atoms with van der Waals surface area (Å²) in [6.07, 6.45) is 17.5. The van der Waals surface area contributed by atoms with Gasteiger partial charge in [-0.1, -0.05) is 254 Å². The highest BCUT2D eigenvalue weighted by molar-refractivity contribution is 5.52. The third-order valence-corrected chi connectivity index (χ3v) is 13.5. The first-order chi connectivity index (χ1) is 28.5. The highest BCUT2D eigenvalue weighted by Crippen LogP contribution is 2.60. The van der Waals surface area contributed by atoms with Crippen LogP contribution in [0.1, 0.15) is 195 Å². The van der Waals surface area contributed by atoms with E-state index in [0.717, 1.165) is 35.1 Å². The van der Waals surface area contributed by atoms with Gasteiger partial charge in [0.2, 0.25) is 0 Å². The minimum Gasteiger partial charge on any atom is -0.356 e. The number of benzene rings is 4. The molecule has 4 rings (SSSR count). The van der Waals surface area contributed by atoms with Crippen LogP contribution in [0.4, 0.5) is 0 Å². The van der Waals surface area contributed by atoms with E-state index in [9.17, 15) is 0 Å². The van der Waals surface area contributed by atoms with E-state index in [2.05, 4.69) is 204 Å². The van der Waals surface area contributed by atoms with Crippen molar-refractivity contribution in [1.82, 2.24) is 0 Å². The average Bonchev–Trinajstić information content (AvgIpc) is 3.21. The van der Waals surface area contributed by atoms with Gasteiger partial charge in [0.15, 0.2) is 11.2 Å². The van der Waals surface area contributed by atoms with Crippen molar-refractivity contribution < 1.29 is 9.47 Å². The Balaban J connectivity index is 2.10. The molecule has 0 aliphatic heterocycles. The van der Waals surface area contributed by atoms with Crippen molar-refractivity contribution in [2.75, 3.05) is 0 Å². The first-order valence-electron chi connectivity index (χ1n) is 24.1. The van der Waals surface area contributed by atoms with Crippen LogP contribution in [-0.2, 0) is 20.7 Å². The van der Waals surface area contributed by atoms with Crippen LogP contribution >= 0.6 is 0 Å². The second kappa shape index (κ2) is 22.2. The number of ether oxygens (including phenoxy) is 2. The molecule has 330 valence electrons. The molecule has 0 N–H and O–H groups in total. The fourth-order valence-corrected chi connectivity index (χ4v) is 11.1. The first-order valence-corrected chi connectivity index (χ1v) is 24.1. The number of rotatable bonds is 25. The molecule has 2 nitrogen and oxygen atoms in total. The highest BCUT2D eigenvalue weighted by atomic mass is 16.6. The Morgan fingerprint density at radius 1 is 0.333 bits per heavy atom. The van der Waals surface area contributed by atoms with Crippen molar-refractivity contribution >= 4 is 0 Å². The van der Waals surface area contributed by atoms with Crippen molar-refractivity contribution in [3.05, 3.63) is 144 Å². The van der Waals surface area contributed by atoms with Crippen LogP contribution in [0.2, 0.25) is 0 Å². The molecule has 2 unspecified atom stereocenters. The van der Waals surface area contributed by atoms with E-state index in [4.69, 9.17) is 9.47 Å². The lowest BCUT2D eigenvalue weighted by atomic mass is 9.63. The van der Waals surface area contributed by atoms with E-state index in [1.807, 2.05) is 0 Å². The van der Waals surface area contributed by atoms with Gasteiger partial charge in [0.05, 0.1) is 11.2 Å². The summed E-state index contributed by atoms with van der Waals surface area (Å²) in [5.41, 5.74) is 0.886. The van der Waals surface area contributed by atoms with E-state index in [-0.39, 0.29) is 22.7 Å². The number of hydrogen-bond donors (Lipinski definition) is 0. The van der Waals surface area contributed by atoms with Gasteiger partial charge in [-0.05, 0) is 85.5 Å². The Hall–Kier alpha value is -3.20. The molecule has 0 aromatic heterocycles. The van der Waals surface area contributed by atoms with Gasteiger partial charge in [0.1, 0.15) is 0 Å². The lowest BCUT2D eigenvalue weighted by Crippen LogP contribution is -2.62. The van der Waals surface area contributed by atoms with E-state index in [0.29, 0.717) is 0 Å². The van der Waals surface area contributed by atoms with Crippen LogP contribution < -0.4 is 0 Å². The summed E-state index contributed by atoms with van der Waals surface area (Å²) >= 11 is 0. The molecule has 0 heterocycles. The minimum absolute atomic E-state index is 0.0111. The Morgan fingerprint density at radius 2 is 0.567 bits per heavy atom. The fourth-order valence-electron chi connectivity index (χ4n) is 11.1.